The Kier molecular flexibility index (Phi) is 4.71. The molecule has 6 nitrogen and oxygen atoms in total. The minimum Gasteiger partial charge on any atom is -0.481 e. The van der Waals surface area contributed by atoms with E-state index in [-0.39, 0.29) is 5.92 Å². The van der Waals surface area contributed by atoms with E-state index in [1.54, 1.807) is 0 Å². The molecule has 1 fully saturated rings. The van der Waals surface area contributed by atoms with E-state index in [4.69, 9.17) is 5.10 Å². The third-order valence-corrected chi connectivity index (χ3v) is 5.64. The van der Waals surface area contributed by atoms with E-state index in [9.17, 15) is 9.90 Å². The molecular weight excluding hydrogens is 352 g/mol. The van der Waals surface area contributed by atoms with Crippen LogP contribution in [0, 0.1) is 26.7 Å². The summed E-state index contributed by atoms with van der Waals surface area (Å²) in [6, 6.07) is 14.4. The fourth-order valence-electron chi connectivity index (χ4n) is 4.16. The van der Waals surface area contributed by atoms with Gasteiger partial charge in [0.25, 0.3) is 0 Å². The zero-order chi connectivity index (χ0) is 19.8. The summed E-state index contributed by atoms with van der Waals surface area (Å²) < 4.78 is 4.25. The highest BCUT2D eigenvalue weighted by Crippen LogP contribution is 2.35. The molecule has 3 heterocycles. The average molecular weight is 378 g/mol. The van der Waals surface area contributed by atoms with E-state index in [1.807, 2.05) is 29.8 Å². The number of aliphatic carboxylic acids is 1. The summed E-state index contributed by atoms with van der Waals surface area (Å²) >= 11 is 0. The van der Waals surface area contributed by atoms with Gasteiger partial charge in [-0.1, -0.05) is 18.2 Å². The molecule has 4 rings (SSSR count). The number of rotatable bonds is 4. The fourth-order valence-corrected chi connectivity index (χ4v) is 4.16. The van der Waals surface area contributed by atoms with Gasteiger partial charge in [0.1, 0.15) is 5.69 Å². The highest BCUT2D eigenvalue weighted by atomic mass is 16.4. The molecule has 0 spiro atoms. The zero-order valence-corrected chi connectivity index (χ0v) is 16.6. The number of para-hydroxylation sites is 1. The van der Waals surface area contributed by atoms with Crippen molar-refractivity contribution in [2.24, 2.45) is 5.92 Å². The third-order valence-electron chi connectivity index (χ3n) is 5.64. The zero-order valence-electron chi connectivity index (χ0n) is 16.6. The monoisotopic (exact) mass is 378 g/mol. The summed E-state index contributed by atoms with van der Waals surface area (Å²) in [5.74, 6) is 0.0867. The first-order valence-corrected chi connectivity index (χ1v) is 9.75. The van der Waals surface area contributed by atoms with Crippen LogP contribution in [0.5, 0.6) is 0 Å². The second-order valence-corrected chi connectivity index (χ2v) is 7.56. The lowest BCUT2D eigenvalue weighted by Gasteiger charge is -2.33. The Morgan fingerprint density at radius 1 is 1.00 bits per heavy atom. The van der Waals surface area contributed by atoms with Gasteiger partial charge in [-0.05, 0) is 57.9 Å². The maximum absolute atomic E-state index is 11.4. The first-order chi connectivity index (χ1) is 13.5. The van der Waals surface area contributed by atoms with Crippen LogP contribution in [-0.2, 0) is 4.79 Å². The van der Waals surface area contributed by atoms with Crippen molar-refractivity contribution >= 4 is 11.8 Å². The number of anilines is 1. The number of aromatic nitrogens is 3. The molecule has 0 aliphatic carbocycles. The van der Waals surface area contributed by atoms with Crippen molar-refractivity contribution in [3.8, 4) is 11.4 Å². The normalized spacial score (nSPS) is 15.2. The van der Waals surface area contributed by atoms with Gasteiger partial charge >= 0.3 is 5.97 Å². The van der Waals surface area contributed by atoms with Crippen LogP contribution in [0.25, 0.3) is 11.4 Å². The number of benzene rings is 1. The minimum atomic E-state index is -0.690. The van der Waals surface area contributed by atoms with Gasteiger partial charge in [-0.15, -0.1) is 0 Å². The molecule has 1 N–H and O–H groups in total. The molecule has 1 aliphatic rings. The number of aryl methyl sites for hydroxylation is 3. The third kappa shape index (κ3) is 3.09. The van der Waals surface area contributed by atoms with Gasteiger partial charge < -0.3 is 14.6 Å². The van der Waals surface area contributed by atoms with Crippen LogP contribution in [0.15, 0.2) is 42.5 Å². The number of carboxylic acid groups (broad SMARTS) is 1. The van der Waals surface area contributed by atoms with Crippen LogP contribution in [0.3, 0.4) is 0 Å². The van der Waals surface area contributed by atoms with Gasteiger partial charge in [0.2, 0.25) is 0 Å². The van der Waals surface area contributed by atoms with Crippen molar-refractivity contribution in [1.82, 2.24) is 14.3 Å². The van der Waals surface area contributed by atoms with E-state index in [0.717, 1.165) is 34.3 Å². The minimum absolute atomic E-state index is 0.260. The molecule has 6 heteroatoms. The van der Waals surface area contributed by atoms with Crippen molar-refractivity contribution in [3.05, 3.63) is 59.5 Å². The highest BCUT2D eigenvalue weighted by molar-refractivity contribution is 5.71. The predicted molar refractivity (Wildman–Crippen MR) is 110 cm³/mol. The topological polar surface area (TPSA) is 63.3 Å². The largest absolute Gasteiger partial charge is 0.481 e. The van der Waals surface area contributed by atoms with Crippen LogP contribution in [0.2, 0.25) is 0 Å². The molecule has 3 aromatic rings. The van der Waals surface area contributed by atoms with E-state index < -0.39 is 5.97 Å². The Hall–Kier alpha value is -3.02. The number of carbonyl (C=O) groups is 1. The predicted octanol–water partition coefficient (Wildman–Crippen LogP) is 3.89. The Labute approximate surface area is 165 Å². The molecule has 1 aromatic carbocycles. The van der Waals surface area contributed by atoms with Gasteiger partial charge in [0.05, 0.1) is 17.3 Å². The second kappa shape index (κ2) is 7.19. The van der Waals surface area contributed by atoms with Gasteiger partial charge in [0, 0.05) is 24.5 Å². The molecule has 0 radical (unpaired) electrons. The van der Waals surface area contributed by atoms with E-state index in [1.165, 1.54) is 0 Å². The van der Waals surface area contributed by atoms with Gasteiger partial charge in [-0.2, -0.15) is 5.10 Å². The number of nitrogens with zero attached hydrogens (tertiary/aromatic N) is 4. The van der Waals surface area contributed by atoms with Crippen molar-refractivity contribution in [2.75, 3.05) is 18.0 Å². The molecule has 0 unspecified atom stereocenters. The molecule has 2 aromatic heterocycles. The molecule has 146 valence electrons. The maximum atomic E-state index is 11.4. The van der Waals surface area contributed by atoms with Crippen molar-refractivity contribution in [1.29, 1.82) is 0 Å². The Morgan fingerprint density at radius 3 is 2.18 bits per heavy atom. The summed E-state index contributed by atoms with van der Waals surface area (Å²) in [5, 5.41) is 14.3. The molecule has 0 saturated carbocycles. The van der Waals surface area contributed by atoms with Crippen LogP contribution in [0.4, 0.5) is 5.82 Å². The molecular formula is C22H26N4O2. The SMILES string of the molecule is Cc1nn(-c2ccccc2)c(N2CCC(C(=O)O)CC2)c1-n1c(C)ccc1C. The summed E-state index contributed by atoms with van der Waals surface area (Å²) in [6.45, 7) is 7.67. The van der Waals surface area contributed by atoms with Crippen LogP contribution < -0.4 is 4.90 Å². The number of hydrogen-bond acceptors (Lipinski definition) is 3. The highest BCUT2D eigenvalue weighted by Gasteiger charge is 2.30. The van der Waals surface area contributed by atoms with Crippen molar-refractivity contribution in [2.45, 2.75) is 33.6 Å². The summed E-state index contributed by atoms with van der Waals surface area (Å²) in [7, 11) is 0. The fraction of sp³-hybridized carbons (Fsp3) is 0.364. The molecule has 0 amide bonds. The Morgan fingerprint density at radius 2 is 1.61 bits per heavy atom. The van der Waals surface area contributed by atoms with Gasteiger partial charge in [-0.25, -0.2) is 4.68 Å². The van der Waals surface area contributed by atoms with E-state index >= 15 is 0 Å². The number of carboxylic acids is 1. The average Bonchev–Trinajstić information content (AvgIpc) is 3.21. The van der Waals surface area contributed by atoms with Gasteiger partial charge in [0.15, 0.2) is 5.82 Å². The molecule has 0 bridgehead atoms. The quantitative estimate of drug-likeness (QED) is 0.748. The smallest absolute Gasteiger partial charge is 0.306 e. The Bertz CT molecular complexity index is 976. The Balaban J connectivity index is 1.86. The lowest BCUT2D eigenvalue weighted by Crippen LogP contribution is -2.38. The van der Waals surface area contributed by atoms with Crippen molar-refractivity contribution in [3.63, 3.8) is 0 Å². The molecule has 1 aliphatic heterocycles. The first kappa shape index (κ1) is 18.3. The lowest BCUT2D eigenvalue weighted by molar-refractivity contribution is -0.142. The van der Waals surface area contributed by atoms with E-state index in [0.29, 0.717) is 25.9 Å². The van der Waals surface area contributed by atoms with Gasteiger partial charge in [-0.3, -0.25) is 4.79 Å². The number of piperidine rings is 1. The van der Waals surface area contributed by atoms with Crippen LogP contribution in [-0.4, -0.2) is 38.5 Å². The maximum Gasteiger partial charge on any atom is 0.306 e. The first-order valence-electron chi connectivity index (χ1n) is 9.75. The lowest BCUT2D eigenvalue weighted by atomic mass is 9.97. The standard InChI is InChI=1S/C22H26N4O2/c1-15-9-10-16(2)25(15)20-17(3)23-26(19-7-5-4-6-8-19)21(20)24-13-11-18(12-14-24)22(27)28/h4-10,18H,11-14H2,1-3H3,(H,27,28). The molecule has 28 heavy (non-hydrogen) atoms. The summed E-state index contributed by atoms with van der Waals surface area (Å²) in [6.07, 6.45) is 1.30. The molecule has 1 saturated heterocycles. The molecule has 0 atom stereocenters. The summed E-state index contributed by atoms with van der Waals surface area (Å²) in [5.41, 5.74) is 5.37. The van der Waals surface area contributed by atoms with Crippen molar-refractivity contribution < 1.29 is 9.90 Å². The van der Waals surface area contributed by atoms with Crippen LogP contribution >= 0.6 is 0 Å². The van der Waals surface area contributed by atoms with E-state index in [2.05, 4.69) is 47.6 Å². The number of hydrogen-bond donors (Lipinski definition) is 1. The second-order valence-electron chi connectivity index (χ2n) is 7.56. The van der Waals surface area contributed by atoms with Crippen LogP contribution in [0.1, 0.15) is 29.9 Å². The summed E-state index contributed by atoms with van der Waals surface area (Å²) in [4.78, 5) is 13.7.